The van der Waals surface area contributed by atoms with Gasteiger partial charge in [-0.1, -0.05) is 12.1 Å². The van der Waals surface area contributed by atoms with Crippen molar-refractivity contribution in [1.82, 2.24) is 9.97 Å². The summed E-state index contributed by atoms with van der Waals surface area (Å²) in [5.74, 6) is 0. The van der Waals surface area contributed by atoms with Crippen molar-refractivity contribution in [3.63, 3.8) is 0 Å². The zero-order chi connectivity index (χ0) is 17.3. The number of rotatable bonds is 5. The van der Waals surface area contributed by atoms with Gasteiger partial charge >= 0.3 is 15.2 Å². The van der Waals surface area contributed by atoms with Gasteiger partial charge in [0.2, 0.25) is 0 Å². The Labute approximate surface area is 131 Å². The fraction of sp³-hybridized carbons (Fsp3) is 0.167. The highest BCUT2D eigenvalue weighted by Crippen LogP contribution is 2.67. The molecule has 0 unspecified atom stereocenters. The summed E-state index contributed by atoms with van der Waals surface area (Å²) >= 11 is 0. The fourth-order valence-electron chi connectivity index (χ4n) is 2.32. The van der Waals surface area contributed by atoms with E-state index in [0.717, 1.165) is 12.4 Å². The normalized spacial score (nSPS) is 13.3. The summed E-state index contributed by atoms with van der Waals surface area (Å²) < 4.78 is 23.5. The van der Waals surface area contributed by atoms with Gasteiger partial charge in [0.15, 0.2) is 5.40 Å². The van der Waals surface area contributed by atoms with E-state index in [1.54, 1.807) is 0 Å². The molecule has 2 heterocycles. The van der Waals surface area contributed by atoms with Crippen LogP contribution in [0, 0.1) is 0 Å². The van der Waals surface area contributed by atoms with Gasteiger partial charge in [0.05, 0.1) is 0 Å². The standard InChI is InChI=1S/C12H14N2O7P2/c15-12(9-3-1-5-13-7-9,10-4-2-6-14-8-10)11(22(16,17)18)23(19,20)21/h1-8,11,15H,(H2,16,17,18)(H2,19,20,21). The van der Waals surface area contributed by atoms with E-state index in [2.05, 4.69) is 9.97 Å². The Morgan fingerprint density at radius 3 is 1.52 bits per heavy atom. The topological polar surface area (TPSA) is 161 Å². The molecule has 0 bridgehead atoms. The molecule has 0 amide bonds. The van der Waals surface area contributed by atoms with Crippen molar-refractivity contribution < 1.29 is 33.8 Å². The Morgan fingerprint density at radius 1 is 0.870 bits per heavy atom. The molecular formula is C12H14N2O7P2. The second-order valence-corrected chi connectivity index (χ2v) is 8.60. The average molecular weight is 360 g/mol. The number of aromatic nitrogens is 2. The van der Waals surface area contributed by atoms with Gasteiger partial charge in [-0.2, -0.15) is 0 Å². The molecule has 124 valence electrons. The van der Waals surface area contributed by atoms with Gasteiger partial charge < -0.3 is 24.7 Å². The van der Waals surface area contributed by atoms with E-state index in [1.807, 2.05) is 0 Å². The molecule has 0 aliphatic carbocycles. The van der Waals surface area contributed by atoms with Crippen LogP contribution in [0.2, 0.25) is 0 Å². The van der Waals surface area contributed by atoms with Crippen molar-refractivity contribution in [1.29, 1.82) is 0 Å². The predicted molar refractivity (Wildman–Crippen MR) is 79.3 cm³/mol. The first-order valence-electron chi connectivity index (χ1n) is 6.21. The Kier molecular flexibility index (Phi) is 4.84. The van der Waals surface area contributed by atoms with Gasteiger partial charge in [-0.3, -0.25) is 19.1 Å². The maximum absolute atomic E-state index is 11.8. The quantitative estimate of drug-likeness (QED) is 0.475. The molecule has 0 atom stereocenters. The van der Waals surface area contributed by atoms with Gasteiger partial charge in [-0.25, -0.2) is 0 Å². The molecule has 9 nitrogen and oxygen atoms in total. The second-order valence-electron chi connectivity index (χ2n) is 4.80. The largest absolute Gasteiger partial charge is 0.379 e. The maximum atomic E-state index is 11.8. The second kappa shape index (κ2) is 6.22. The Hall–Kier alpha value is -1.44. The molecular weight excluding hydrogens is 346 g/mol. The van der Waals surface area contributed by atoms with E-state index < -0.39 is 26.2 Å². The molecule has 0 aliphatic heterocycles. The first-order valence-corrected chi connectivity index (χ1v) is 9.58. The summed E-state index contributed by atoms with van der Waals surface area (Å²) in [6.07, 6.45) is 4.84. The monoisotopic (exact) mass is 360 g/mol. The van der Waals surface area contributed by atoms with Gasteiger partial charge in [0.1, 0.15) is 5.60 Å². The minimum atomic E-state index is -5.42. The highest BCUT2D eigenvalue weighted by molar-refractivity contribution is 7.71. The Bertz CT molecular complexity index is 698. The molecule has 0 saturated heterocycles. The lowest BCUT2D eigenvalue weighted by Gasteiger charge is -2.36. The molecule has 0 fully saturated rings. The lowest BCUT2D eigenvalue weighted by Crippen LogP contribution is -2.40. The lowest BCUT2D eigenvalue weighted by atomic mass is 9.90. The van der Waals surface area contributed by atoms with Crippen LogP contribution in [0.4, 0.5) is 0 Å². The third-order valence-corrected chi connectivity index (χ3v) is 7.04. The van der Waals surface area contributed by atoms with Crippen molar-refractivity contribution in [2.24, 2.45) is 0 Å². The molecule has 2 aromatic rings. The van der Waals surface area contributed by atoms with Crippen molar-refractivity contribution in [3.8, 4) is 0 Å². The summed E-state index contributed by atoms with van der Waals surface area (Å²) in [4.78, 5) is 45.4. The number of aliphatic hydroxyl groups is 1. The highest BCUT2D eigenvalue weighted by atomic mass is 31.2. The number of hydrogen-bond donors (Lipinski definition) is 5. The smallest absolute Gasteiger partial charge is 0.344 e. The molecule has 11 heteroatoms. The third kappa shape index (κ3) is 3.57. The molecule has 0 spiro atoms. The molecule has 0 saturated carbocycles. The fourth-order valence-corrected chi connectivity index (χ4v) is 5.46. The number of nitrogens with zero attached hydrogens (tertiary/aromatic N) is 2. The van der Waals surface area contributed by atoms with Crippen LogP contribution < -0.4 is 0 Å². The van der Waals surface area contributed by atoms with Crippen molar-refractivity contribution in [2.45, 2.75) is 11.0 Å². The summed E-state index contributed by atoms with van der Waals surface area (Å²) in [6, 6.07) is 5.26. The lowest BCUT2D eigenvalue weighted by molar-refractivity contribution is 0.0797. The summed E-state index contributed by atoms with van der Waals surface area (Å²) in [5.41, 5.74) is -3.03. The van der Waals surface area contributed by atoms with E-state index in [-0.39, 0.29) is 11.1 Å². The van der Waals surface area contributed by atoms with Gasteiger partial charge in [-0.15, -0.1) is 0 Å². The predicted octanol–water partition coefficient (Wildman–Crippen LogP) is 0.394. The Balaban J connectivity index is 2.82. The van der Waals surface area contributed by atoms with Crippen molar-refractivity contribution >= 4 is 15.2 Å². The van der Waals surface area contributed by atoms with Crippen LogP contribution in [-0.4, -0.2) is 40.0 Å². The van der Waals surface area contributed by atoms with Crippen LogP contribution >= 0.6 is 15.2 Å². The summed E-state index contributed by atoms with van der Waals surface area (Å²) in [6.45, 7) is 0. The molecule has 0 aromatic carbocycles. The van der Waals surface area contributed by atoms with Crippen molar-refractivity contribution in [2.75, 3.05) is 0 Å². The van der Waals surface area contributed by atoms with Crippen molar-refractivity contribution in [3.05, 3.63) is 60.2 Å². The van der Waals surface area contributed by atoms with Gasteiger partial charge in [0.25, 0.3) is 0 Å². The van der Waals surface area contributed by atoms with Crippen LogP contribution in [0.25, 0.3) is 0 Å². The zero-order valence-electron chi connectivity index (χ0n) is 11.5. The van der Waals surface area contributed by atoms with Crippen LogP contribution in [0.1, 0.15) is 11.1 Å². The van der Waals surface area contributed by atoms with Crippen LogP contribution in [0.5, 0.6) is 0 Å². The maximum Gasteiger partial charge on any atom is 0.344 e. The van der Waals surface area contributed by atoms with E-state index in [0.29, 0.717) is 0 Å². The first kappa shape index (κ1) is 17.9. The minimum Gasteiger partial charge on any atom is -0.379 e. The summed E-state index contributed by atoms with van der Waals surface area (Å²) in [7, 11) is -10.8. The molecule has 0 radical (unpaired) electrons. The third-order valence-electron chi connectivity index (χ3n) is 3.21. The zero-order valence-corrected chi connectivity index (χ0v) is 13.3. The van der Waals surface area contributed by atoms with Gasteiger partial charge in [-0.05, 0) is 12.1 Å². The first-order chi connectivity index (χ1) is 10.6. The van der Waals surface area contributed by atoms with E-state index in [9.17, 15) is 33.8 Å². The molecule has 23 heavy (non-hydrogen) atoms. The van der Waals surface area contributed by atoms with Crippen LogP contribution in [-0.2, 0) is 14.7 Å². The number of hydrogen-bond acceptors (Lipinski definition) is 5. The molecule has 0 aliphatic rings. The molecule has 2 rings (SSSR count). The summed E-state index contributed by atoms with van der Waals surface area (Å²) in [5, 5.41) is 8.32. The molecule has 2 aromatic heterocycles. The SMILES string of the molecule is O=P(O)(O)C(C(O)(c1cccnc1)c1cccnc1)P(=O)(O)O. The number of pyridine rings is 2. The van der Waals surface area contributed by atoms with E-state index in [1.165, 1.54) is 36.7 Å². The Morgan fingerprint density at radius 2 is 1.26 bits per heavy atom. The van der Waals surface area contributed by atoms with E-state index >= 15 is 0 Å². The average Bonchev–Trinajstić information content (AvgIpc) is 2.46. The highest BCUT2D eigenvalue weighted by Gasteiger charge is 2.59. The van der Waals surface area contributed by atoms with Crippen LogP contribution in [0.3, 0.4) is 0 Å². The molecule has 5 N–H and O–H groups in total. The van der Waals surface area contributed by atoms with Gasteiger partial charge in [0, 0.05) is 35.9 Å². The van der Waals surface area contributed by atoms with E-state index in [4.69, 9.17) is 0 Å². The minimum absolute atomic E-state index is 0.176. The van der Waals surface area contributed by atoms with Crippen LogP contribution in [0.15, 0.2) is 49.1 Å².